The Morgan fingerprint density at radius 1 is 1.23 bits per heavy atom. The molecule has 1 N–H and O–H groups in total. The molecule has 2 aliphatic heterocycles. The van der Waals surface area contributed by atoms with Gasteiger partial charge in [0.15, 0.2) is 0 Å². The zero-order valence-corrected chi connectivity index (χ0v) is 17.3. The molecular weight excluding hydrogens is 439 g/mol. The summed E-state index contributed by atoms with van der Waals surface area (Å²) < 4.78 is 39.4. The van der Waals surface area contributed by atoms with Crippen molar-refractivity contribution in [3.63, 3.8) is 0 Å². The molecule has 4 heterocycles. The maximum Gasteiger partial charge on any atom is 0.490 e. The summed E-state index contributed by atoms with van der Waals surface area (Å²) in [6.07, 6.45) is -1.25. The predicted molar refractivity (Wildman–Crippen MR) is 104 cm³/mol. The van der Waals surface area contributed by atoms with E-state index in [4.69, 9.17) is 14.6 Å². The quantitative estimate of drug-likeness (QED) is 0.741. The van der Waals surface area contributed by atoms with E-state index in [1.54, 1.807) is 5.51 Å². The smallest absolute Gasteiger partial charge is 0.475 e. The van der Waals surface area contributed by atoms with Crippen molar-refractivity contribution >= 4 is 23.2 Å². The Bertz CT molecular complexity index is 868. The van der Waals surface area contributed by atoms with E-state index in [2.05, 4.69) is 19.4 Å². The second-order valence-electron chi connectivity index (χ2n) is 7.14. The third kappa shape index (κ3) is 6.48. The number of amides is 1. The number of halogens is 3. The molecule has 2 aromatic heterocycles. The SMILES string of the molecule is O=C(O)C(F)(F)F.O=C(c1cscn1)N1Cc2nccn2CC(CN2CCOCC2)C1. The van der Waals surface area contributed by atoms with Gasteiger partial charge in [0.05, 0.1) is 25.3 Å². The molecule has 1 fully saturated rings. The van der Waals surface area contributed by atoms with Crippen LogP contribution in [0, 0.1) is 5.92 Å². The Labute approximate surface area is 180 Å². The van der Waals surface area contributed by atoms with Crippen LogP contribution in [-0.2, 0) is 22.6 Å². The molecule has 170 valence electrons. The molecule has 1 unspecified atom stereocenters. The number of rotatable bonds is 3. The Balaban J connectivity index is 0.000000339. The average molecular weight is 461 g/mol. The number of ether oxygens (including phenoxy) is 1. The number of carboxylic acid groups (broad SMARTS) is 1. The monoisotopic (exact) mass is 461 g/mol. The highest BCUT2D eigenvalue weighted by Crippen LogP contribution is 2.19. The first-order valence-electron chi connectivity index (χ1n) is 9.51. The number of aromatic nitrogens is 3. The number of aliphatic carboxylic acids is 1. The molecular formula is C18H22F3N5O4S. The lowest BCUT2D eigenvalue weighted by Gasteiger charge is -2.31. The van der Waals surface area contributed by atoms with Crippen molar-refractivity contribution in [2.24, 2.45) is 5.92 Å². The van der Waals surface area contributed by atoms with Crippen LogP contribution in [0.3, 0.4) is 0 Å². The van der Waals surface area contributed by atoms with E-state index in [0.717, 1.165) is 51.8 Å². The molecule has 0 bridgehead atoms. The molecule has 2 aliphatic rings. The van der Waals surface area contributed by atoms with Gasteiger partial charge in [-0.1, -0.05) is 0 Å². The minimum atomic E-state index is -5.08. The van der Waals surface area contributed by atoms with Crippen LogP contribution in [0.1, 0.15) is 16.3 Å². The van der Waals surface area contributed by atoms with Gasteiger partial charge in [0, 0.05) is 56.4 Å². The highest BCUT2D eigenvalue weighted by Gasteiger charge is 2.38. The summed E-state index contributed by atoms with van der Waals surface area (Å²) >= 11 is 1.45. The van der Waals surface area contributed by atoms with Gasteiger partial charge in [-0.25, -0.2) is 14.8 Å². The van der Waals surface area contributed by atoms with E-state index in [0.29, 0.717) is 18.2 Å². The van der Waals surface area contributed by atoms with Gasteiger partial charge in [-0.15, -0.1) is 11.3 Å². The Kier molecular flexibility index (Phi) is 7.62. The van der Waals surface area contributed by atoms with Gasteiger partial charge in [0.1, 0.15) is 11.5 Å². The molecule has 13 heteroatoms. The lowest BCUT2D eigenvalue weighted by molar-refractivity contribution is -0.192. The molecule has 2 aromatic rings. The van der Waals surface area contributed by atoms with Gasteiger partial charge < -0.3 is 19.3 Å². The van der Waals surface area contributed by atoms with Crippen LogP contribution in [0.4, 0.5) is 13.2 Å². The number of carboxylic acids is 1. The maximum absolute atomic E-state index is 12.8. The summed E-state index contributed by atoms with van der Waals surface area (Å²) in [6, 6.07) is 0. The van der Waals surface area contributed by atoms with Crippen molar-refractivity contribution in [3.8, 4) is 0 Å². The van der Waals surface area contributed by atoms with Crippen LogP contribution in [-0.4, -0.2) is 86.9 Å². The number of alkyl halides is 3. The second kappa shape index (κ2) is 10.2. The van der Waals surface area contributed by atoms with Gasteiger partial charge in [-0.3, -0.25) is 9.69 Å². The van der Waals surface area contributed by atoms with E-state index in [9.17, 15) is 18.0 Å². The van der Waals surface area contributed by atoms with Crippen LogP contribution in [0.15, 0.2) is 23.3 Å². The van der Waals surface area contributed by atoms with Crippen LogP contribution in [0.25, 0.3) is 0 Å². The molecule has 4 rings (SSSR count). The third-order valence-electron chi connectivity index (χ3n) is 4.87. The first kappa shape index (κ1) is 23.2. The molecule has 1 saturated heterocycles. The van der Waals surface area contributed by atoms with Crippen molar-refractivity contribution in [3.05, 3.63) is 34.8 Å². The minimum absolute atomic E-state index is 0.000299. The Hall–Kier alpha value is -2.51. The van der Waals surface area contributed by atoms with Gasteiger partial charge in [0.25, 0.3) is 5.91 Å². The number of hydrogen-bond acceptors (Lipinski definition) is 7. The standard InChI is InChI=1S/C16H21N5O2S.C2HF3O2/c22-16(14-11-24-12-18-14)21-9-13(7-19-3-5-23-6-4-19)8-20-2-1-17-15(20)10-21;3-2(4,5)1(6)7/h1-2,11-13H,3-10H2;(H,6,7). The van der Waals surface area contributed by atoms with E-state index >= 15 is 0 Å². The van der Waals surface area contributed by atoms with Gasteiger partial charge >= 0.3 is 12.1 Å². The molecule has 31 heavy (non-hydrogen) atoms. The summed E-state index contributed by atoms with van der Waals surface area (Å²) in [5, 5.41) is 8.94. The number of nitrogens with zero attached hydrogens (tertiary/aromatic N) is 5. The van der Waals surface area contributed by atoms with Gasteiger partial charge in [0.2, 0.25) is 0 Å². The highest BCUT2D eigenvalue weighted by molar-refractivity contribution is 7.07. The third-order valence-corrected chi connectivity index (χ3v) is 5.46. The zero-order chi connectivity index (χ0) is 22.4. The van der Waals surface area contributed by atoms with Crippen LogP contribution in [0.5, 0.6) is 0 Å². The fourth-order valence-corrected chi connectivity index (χ4v) is 3.97. The Morgan fingerprint density at radius 2 is 1.94 bits per heavy atom. The van der Waals surface area contributed by atoms with Crippen LogP contribution >= 0.6 is 11.3 Å². The molecule has 0 saturated carbocycles. The van der Waals surface area contributed by atoms with Crippen LogP contribution in [0.2, 0.25) is 0 Å². The molecule has 0 aliphatic carbocycles. The fourth-order valence-electron chi connectivity index (χ4n) is 3.44. The number of carbonyl (C=O) groups is 2. The second-order valence-corrected chi connectivity index (χ2v) is 7.86. The summed E-state index contributed by atoms with van der Waals surface area (Å²) in [5.74, 6) is -1.43. The summed E-state index contributed by atoms with van der Waals surface area (Å²) in [4.78, 5) is 34.6. The van der Waals surface area contributed by atoms with E-state index < -0.39 is 12.1 Å². The van der Waals surface area contributed by atoms with Crippen molar-refractivity contribution in [2.75, 3.05) is 39.4 Å². The number of hydrogen-bond donors (Lipinski definition) is 1. The van der Waals surface area contributed by atoms with Crippen molar-refractivity contribution in [2.45, 2.75) is 19.3 Å². The maximum atomic E-state index is 12.8. The predicted octanol–water partition coefficient (Wildman–Crippen LogP) is 1.58. The van der Waals surface area contributed by atoms with Crippen molar-refractivity contribution in [1.82, 2.24) is 24.3 Å². The highest BCUT2D eigenvalue weighted by atomic mass is 32.1. The zero-order valence-electron chi connectivity index (χ0n) is 16.5. The number of thiazole rings is 1. The molecule has 1 amide bonds. The summed E-state index contributed by atoms with van der Waals surface area (Å²) in [7, 11) is 0. The lowest BCUT2D eigenvalue weighted by Crippen LogP contribution is -2.43. The summed E-state index contributed by atoms with van der Waals surface area (Å²) in [6.45, 7) is 6.67. The molecule has 1 atom stereocenters. The molecule has 0 aromatic carbocycles. The first-order chi connectivity index (χ1) is 14.7. The number of imidazole rings is 1. The molecule has 9 nitrogen and oxygen atoms in total. The topological polar surface area (TPSA) is 101 Å². The minimum Gasteiger partial charge on any atom is -0.475 e. The fraction of sp³-hybridized carbons (Fsp3) is 0.556. The Morgan fingerprint density at radius 3 is 2.55 bits per heavy atom. The first-order valence-corrected chi connectivity index (χ1v) is 10.5. The van der Waals surface area contributed by atoms with Gasteiger partial charge in [-0.2, -0.15) is 13.2 Å². The normalized spacial score (nSPS) is 19.7. The lowest BCUT2D eigenvalue weighted by atomic mass is 10.1. The number of fused-ring (bicyclic) bond motifs is 1. The average Bonchev–Trinajstić information content (AvgIpc) is 3.37. The molecule has 0 radical (unpaired) electrons. The largest absolute Gasteiger partial charge is 0.490 e. The van der Waals surface area contributed by atoms with E-state index in [1.807, 2.05) is 22.7 Å². The van der Waals surface area contributed by atoms with Crippen molar-refractivity contribution in [1.29, 1.82) is 0 Å². The number of carbonyl (C=O) groups excluding carboxylic acids is 1. The summed E-state index contributed by atoms with van der Waals surface area (Å²) in [5.41, 5.74) is 2.24. The number of morpholine rings is 1. The van der Waals surface area contributed by atoms with Gasteiger partial charge in [-0.05, 0) is 0 Å². The van der Waals surface area contributed by atoms with E-state index in [-0.39, 0.29) is 5.91 Å². The molecule has 0 spiro atoms. The van der Waals surface area contributed by atoms with Crippen molar-refractivity contribution < 1.29 is 32.6 Å². The van der Waals surface area contributed by atoms with E-state index in [1.165, 1.54) is 11.3 Å². The van der Waals surface area contributed by atoms with Crippen LogP contribution < -0.4 is 0 Å².